The highest BCUT2D eigenvalue weighted by molar-refractivity contribution is 5.78. The second-order valence-corrected chi connectivity index (χ2v) is 7.26. The van der Waals surface area contributed by atoms with E-state index < -0.39 is 11.5 Å². The van der Waals surface area contributed by atoms with Crippen molar-refractivity contribution < 1.29 is 9.90 Å². The molecule has 1 saturated heterocycles. The fourth-order valence-electron chi connectivity index (χ4n) is 4.38. The SMILES string of the molecule is CCCNC(C)(CC(C)N1CCCC2CCCC21)C(=O)O. The number of aliphatic carboxylic acids is 1. The van der Waals surface area contributed by atoms with Crippen molar-refractivity contribution in [3.05, 3.63) is 0 Å². The number of carbonyl (C=O) groups is 1. The van der Waals surface area contributed by atoms with Crippen LogP contribution in [0.4, 0.5) is 0 Å². The van der Waals surface area contributed by atoms with E-state index in [0.29, 0.717) is 18.5 Å². The highest BCUT2D eigenvalue weighted by Gasteiger charge is 2.41. The molecule has 1 aliphatic carbocycles. The third-order valence-electron chi connectivity index (χ3n) is 5.54. The van der Waals surface area contributed by atoms with Gasteiger partial charge in [0.2, 0.25) is 0 Å². The van der Waals surface area contributed by atoms with E-state index in [0.717, 1.165) is 25.4 Å². The second kappa shape index (κ2) is 7.10. The van der Waals surface area contributed by atoms with E-state index in [1.807, 2.05) is 6.92 Å². The Labute approximate surface area is 129 Å². The van der Waals surface area contributed by atoms with Crippen molar-refractivity contribution in [1.29, 1.82) is 0 Å². The van der Waals surface area contributed by atoms with Gasteiger partial charge in [-0.15, -0.1) is 0 Å². The van der Waals surface area contributed by atoms with Crippen LogP contribution in [0.25, 0.3) is 0 Å². The van der Waals surface area contributed by atoms with Crippen LogP contribution in [0.2, 0.25) is 0 Å². The van der Waals surface area contributed by atoms with Gasteiger partial charge in [0.1, 0.15) is 5.54 Å². The maximum Gasteiger partial charge on any atom is 0.323 e. The van der Waals surface area contributed by atoms with Crippen LogP contribution in [0.15, 0.2) is 0 Å². The number of fused-ring (bicyclic) bond motifs is 1. The van der Waals surface area contributed by atoms with Crippen molar-refractivity contribution in [3.8, 4) is 0 Å². The summed E-state index contributed by atoms with van der Waals surface area (Å²) in [5, 5.41) is 12.9. The van der Waals surface area contributed by atoms with Crippen LogP contribution >= 0.6 is 0 Å². The molecular weight excluding hydrogens is 264 g/mol. The first-order chi connectivity index (χ1) is 9.98. The van der Waals surface area contributed by atoms with Gasteiger partial charge >= 0.3 is 5.97 Å². The monoisotopic (exact) mass is 296 g/mol. The minimum atomic E-state index is -0.805. The summed E-state index contributed by atoms with van der Waals surface area (Å²) in [6, 6.07) is 1.04. The lowest BCUT2D eigenvalue weighted by Crippen LogP contribution is -2.56. The standard InChI is InChI=1S/C17H32N2O2/c1-4-10-18-17(3,16(20)21)12-13(2)19-11-6-8-14-7-5-9-15(14)19/h13-15,18H,4-12H2,1-3H3,(H,20,21). The number of likely N-dealkylation sites (tertiary alicyclic amines) is 1. The third-order valence-corrected chi connectivity index (χ3v) is 5.54. The van der Waals surface area contributed by atoms with Gasteiger partial charge in [-0.2, -0.15) is 0 Å². The van der Waals surface area contributed by atoms with Crippen molar-refractivity contribution in [2.24, 2.45) is 5.92 Å². The minimum absolute atomic E-state index is 0.335. The highest BCUT2D eigenvalue weighted by Crippen LogP contribution is 2.38. The first-order valence-electron chi connectivity index (χ1n) is 8.72. The predicted octanol–water partition coefficient (Wildman–Crippen LogP) is 2.87. The number of carboxylic acids is 1. The highest BCUT2D eigenvalue weighted by atomic mass is 16.4. The molecule has 21 heavy (non-hydrogen) atoms. The molecule has 4 atom stereocenters. The molecule has 122 valence electrons. The van der Waals surface area contributed by atoms with E-state index in [9.17, 15) is 9.90 Å². The number of hydrogen-bond acceptors (Lipinski definition) is 3. The zero-order valence-corrected chi connectivity index (χ0v) is 13.9. The molecule has 2 N–H and O–H groups in total. The Morgan fingerprint density at radius 1 is 1.38 bits per heavy atom. The number of rotatable bonds is 7. The molecule has 2 rings (SSSR count). The first-order valence-corrected chi connectivity index (χ1v) is 8.72. The molecule has 2 aliphatic rings. The molecule has 0 amide bonds. The van der Waals surface area contributed by atoms with E-state index in [1.54, 1.807) is 0 Å². The summed E-state index contributed by atoms with van der Waals surface area (Å²) in [5.41, 5.74) is -0.805. The van der Waals surface area contributed by atoms with Crippen LogP contribution in [-0.2, 0) is 4.79 Å². The molecule has 0 aromatic rings. The average molecular weight is 296 g/mol. The fraction of sp³-hybridized carbons (Fsp3) is 0.941. The van der Waals surface area contributed by atoms with Crippen molar-refractivity contribution >= 4 is 5.97 Å². The lowest BCUT2D eigenvalue weighted by atomic mass is 9.87. The molecule has 1 heterocycles. The summed E-state index contributed by atoms with van der Waals surface area (Å²) in [5.74, 6) is 0.142. The number of piperidine rings is 1. The Morgan fingerprint density at radius 3 is 2.76 bits per heavy atom. The molecule has 4 heteroatoms. The molecular formula is C17H32N2O2. The smallest absolute Gasteiger partial charge is 0.323 e. The molecule has 1 aliphatic heterocycles. The largest absolute Gasteiger partial charge is 0.480 e. The Bertz CT molecular complexity index is 361. The van der Waals surface area contributed by atoms with Gasteiger partial charge in [-0.1, -0.05) is 13.3 Å². The van der Waals surface area contributed by atoms with Gasteiger partial charge in [0, 0.05) is 12.1 Å². The summed E-state index contributed by atoms with van der Waals surface area (Å²) in [6.45, 7) is 8.05. The summed E-state index contributed by atoms with van der Waals surface area (Å²) >= 11 is 0. The maximum atomic E-state index is 11.7. The zero-order chi connectivity index (χ0) is 15.5. The lowest BCUT2D eigenvalue weighted by molar-refractivity contribution is -0.145. The topological polar surface area (TPSA) is 52.6 Å². The van der Waals surface area contributed by atoms with Gasteiger partial charge in [0.05, 0.1) is 0 Å². The average Bonchev–Trinajstić information content (AvgIpc) is 2.93. The van der Waals surface area contributed by atoms with Gasteiger partial charge < -0.3 is 10.4 Å². The summed E-state index contributed by atoms with van der Waals surface area (Å²) in [6.07, 6.45) is 8.33. The number of nitrogens with one attached hydrogen (secondary N) is 1. The Balaban J connectivity index is 2.00. The van der Waals surface area contributed by atoms with Gasteiger partial charge in [-0.05, 0) is 71.4 Å². The van der Waals surface area contributed by atoms with Crippen molar-refractivity contribution in [1.82, 2.24) is 10.2 Å². The fourth-order valence-corrected chi connectivity index (χ4v) is 4.38. The maximum absolute atomic E-state index is 11.7. The van der Waals surface area contributed by atoms with Crippen molar-refractivity contribution in [2.45, 2.75) is 83.3 Å². The van der Waals surface area contributed by atoms with E-state index in [1.165, 1.54) is 32.1 Å². The first kappa shape index (κ1) is 16.8. The minimum Gasteiger partial charge on any atom is -0.480 e. The van der Waals surface area contributed by atoms with Gasteiger partial charge in [0.15, 0.2) is 0 Å². The van der Waals surface area contributed by atoms with Crippen LogP contribution in [0.3, 0.4) is 0 Å². The molecule has 0 radical (unpaired) electrons. The number of nitrogens with zero attached hydrogens (tertiary/aromatic N) is 1. The quantitative estimate of drug-likeness (QED) is 0.758. The summed E-state index contributed by atoms with van der Waals surface area (Å²) in [4.78, 5) is 14.3. The second-order valence-electron chi connectivity index (χ2n) is 7.26. The Morgan fingerprint density at radius 2 is 2.10 bits per heavy atom. The summed E-state index contributed by atoms with van der Waals surface area (Å²) < 4.78 is 0. The van der Waals surface area contributed by atoms with E-state index in [-0.39, 0.29) is 0 Å². The molecule has 4 unspecified atom stereocenters. The van der Waals surface area contributed by atoms with Crippen molar-refractivity contribution in [3.63, 3.8) is 0 Å². The van der Waals surface area contributed by atoms with Crippen LogP contribution < -0.4 is 5.32 Å². The summed E-state index contributed by atoms with van der Waals surface area (Å²) in [7, 11) is 0. The van der Waals surface area contributed by atoms with E-state index in [4.69, 9.17) is 0 Å². The van der Waals surface area contributed by atoms with E-state index in [2.05, 4.69) is 24.1 Å². The lowest BCUT2D eigenvalue weighted by Gasteiger charge is -2.43. The predicted molar refractivity (Wildman–Crippen MR) is 85.5 cm³/mol. The molecule has 1 saturated carbocycles. The number of hydrogen-bond donors (Lipinski definition) is 2. The third kappa shape index (κ3) is 3.78. The van der Waals surface area contributed by atoms with Crippen LogP contribution in [0.5, 0.6) is 0 Å². The van der Waals surface area contributed by atoms with Gasteiger partial charge in [-0.25, -0.2) is 0 Å². The van der Waals surface area contributed by atoms with Crippen LogP contribution in [0.1, 0.15) is 65.7 Å². The van der Waals surface area contributed by atoms with Gasteiger partial charge in [-0.3, -0.25) is 9.69 Å². The van der Waals surface area contributed by atoms with Crippen LogP contribution in [-0.4, -0.2) is 46.7 Å². The molecule has 2 fully saturated rings. The molecule has 4 nitrogen and oxygen atoms in total. The Hall–Kier alpha value is -0.610. The molecule has 0 spiro atoms. The van der Waals surface area contributed by atoms with E-state index >= 15 is 0 Å². The normalized spacial score (nSPS) is 30.6. The van der Waals surface area contributed by atoms with Gasteiger partial charge in [0.25, 0.3) is 0 Å². The molecule has 0 bridgehead atoms. The number of carboxylic acid groups (broad SMARTS) is 1. The van der Waals surface area contributed by atoms with Crippen LogP contribution in [0, 0.1) is 5.92 Å². The zero-order valence-electron chi connectivity index (χ0n) is 13.9. The molecule has 0 aromatic heterocycles. The Kier molecular flexibility index (Phi) is 5.67. The molecule has 0 aromatic carbocycles. The van der Waals surface area contributed by atoms with Crippen molar-refractivity contribution in [2.75, 3.05) is 13.1 Å².